The zero-order chi connectivity index (χ0) is 20.3. The fraction of sp³-hybridized carbons (Fsp3) is 0.458. The Kier molecular flexibility index (Phi) is 6.51. The number of aromatic amines is 1. The molecule has 2 atom stereocenters. The summed E-state index contributed by atoms with van der Waals surface area (Å²) in [6.07, 6.45) is 17.2. The average molecular weight is 399 g/mol. The molecule has 1 fully saturated rings. The van der Waals surface area contributed by atoms with E-state index < -0.39 is 10.2 Å². The third kappa shape index (κ3) is 3.85. The van der Waals surface area contributed by atoms with Crippen LogP contribution < -0.4 is 5.56 Å². The minimum Gasteiger partial charge on any atom is -0.329 e. The summed E-state index contributed by atoms with van der Waals surface area (Å²) < 4.78 is 2.68. The second-order valence-corrected chi connectivity index (χ2v) is 11.6. The maximum atomic E-state index is 12.2. The van der Waals surface area contributed by atoms with Crippen LogP contribution in [0, 0.1) is 5.92 Å². The zero-order valence-electron chi connectivity index (χ0n) is 17.9. The number of rotatable bonds is 3. The maximum absolute atomic E-state index is 12.2. The van der Waals surface area contributed by atoms with Crippen molar-refractivity contribution in [3.63, 3.8) is 0 Å². The van der Waals surface area contributed by atoms with Gasteiger partial charge in [0.1, 0.15) is 0 Å². The number of fused-ring (bicyclic) bond motifs is 2. The molecule has 3 nitrogen and oxygen atoms in total. The molecule has 4 rings (SSSR count). The van der Waals surface area contributed by atoms with Gasteiger partial charge in [0.15, 0.2) is 0 Å². The number of H-pyrrole nitrogens is 1. The van der Waals surface area contributed by atoms with Crippen molar-refractivity contribution in [3.8, 4) is 0 Å². The van der Waals surface area contributed by atoms with Gasteiger partial charge in [0.2, 0.25) is 0 Å². The van der Waals surface area contributed by atoms with Gasteiger partial charge in [0, 0.05) is 40.4 Å². The van der Waals surface area contributed by atoms with Crippen LogP contribution in [0.3, 0.4) is 0 Å². The number of benzene rings is 1. The Morgan fingerprint density at radius 2 is 1.89 bits per heavy atom. The van der Waals surface area contributed by atoms with Gasteiger partial charge in [-0.15, -0.1) is 0 Å². The SMILES string of the molecule is CC1=CC=CC2C1CCN2S(C)(C)c1cccc2c(=O)[nH]ccc12.CCCC. The molecule has 152 valence electrons. The largest absolute Gasteiger partial charge is 0.329 e. The smallest absolute Gasteiger partial charge is 0.255 e. The van der Waals surface area contributed by atoms with Crippen molar-refractivity contribution in [1.82, 2.24) is 9.29 Å². The molecule has 1 aromatic heterocycles. The minimum atomic E-state index is -1.17. The van der Waals surface area contributed by atoms with Crippen LogP contribution in [0.25, 0.3) is 10.8 Å². The first-order valence-corrected chi connectivity index (χ1v) is 12.8. The van der Waals surface area contributed by atoms with E-state index in [-0.39, 0.29) is 5.56 Å². The summed E-state index contributed by atoms with van der Waals surface area (Å²) in [4.78, 5) is 16.3. The molecule has 1 saturated heterocycles. The van der Waals surface area contributed by atoms with Gasteiger partial charge in [-0.25, -0.2) is 0 Å². The molecule has 28 heavy (non-hydrogen) atoms. The molecule has 4 heteroatoms. The summed E-state index contributed by atoms with van der Waals surface area (Å²) in [5.41, 5.74) is 1.50. The summed E-state index contributed by atoms with van der Waals surface area (Å²) >= 11 is 0. The Balaban J connectivity index is 0.000000516. The van der Waals surface area contributed by atoms with Gasteiger partial charge in [0.25, 0.3) is 5.56 Å². The molecule has 0 radical (unpaired) electrons. The second-order valence-electron chi connectivity index (χ2n) is 8.12. The molecule has 0 bridgehead atoms. The van der Waals surface area contributed by atoms with E-state index in [9.17, 15) is 4.79 Å². The summed E-state index contributed by atoms with van der Waals surface area (Å²) in [6, 6.07) is 8.69. The highest BCUT2D eigenvalue weighted by Gasteiger charge is 2.40. The van der Waals surface area contributed by atoms with E-state index in [4.69, 9.17) is 0 Å². The van der Waals surface area contributed by atoms with Crippen molar-refractivity contribution in [3.05, 3.63) is 64.6 Å². The van der Waals surface area contributed by atoms with Crippen LogP contribution in [0.5, 0.6) is 0 Å². The van der Waals surface area contributed by atoms with Gasteiger partial charge in [0.05, 0.1) is 0 Å². The number of hydrogen-bond donors (Lipinski definition) is 1. The molecule has 2 unspecified atom stereocenters. The standard InChI is InChI=1S/C20H24N2OS.C4H10/c1-14-6-4-8-18-15(14)11-13-22(18)24(2,3)19-9-5-7-17-16(19)10-12-21-20(17)23;1-3-4-2/h4-10,12,15,18H,11,13H2,1-3H3,(H,21,23);3-4H2,1-2H3. The maximum Gasteiger partial charge on any atom is 0.255 e. The summed E-state index contributed by atoms with van der Waals surface area (Å²) in [6.45, 7) is 7.73. The first kappa shape index (κ1) is 20.9. The fourth-order valence-electron chi connectivity index (χ4n) is 4.25. The summed E-state index contributed by atoms with van der Waals surface area (Å²) in [7, 11) is -1.17. The molecular weight excluding hydrogens is 364 g/mol. The third-order valence-corrected chi connectivity index (χ3v) is 9.09. The molecule has 0 amide bonds. The Morgan fingerprint density at radius 3 is 2.61 bits per heavy atom. The van der Waals surface area contributed by atoms with E-state index in [0.29, 0.717) is 12.0 Å². The zero-order valence-corrected chi connectivity index (χ0v) is 18.7. The molecule has 1 aromatic carbocycles. The summed E-state index contributed by atoms with van der Waals surface area (Å²) in [5.74, 6) is 0.639. The lowest BCUT2D eigenvalue weighted by molar-refractivity contribution is 0.448. The number of allylic oxidation sites excluding steroid dienone is 2. The van der Waals surface area contributed by atoms with E-state index in [1.54, 1.807) is 6.20 Å². The van der Waals surface area contributed by atoms with Crippen molar-refractivity contribution < 1.29 is 0 Å². The molecule has 0 spiro atoms. The van der Waals surface area contributed by atoms with Gasteiger partial charge in [-0.2, -0.15) is 10.2 Å². The van der Waals surface area contributed by atoms with Crippen molar-refractivity contribution in [2.75, 3.05) is 19.1 Å². The highest BCUT2D eigenvalue weighted by molar-refractivity contribution is 8.30. The molecule has 2 heterocycles. The van der Waals surface area contributed by atoms with Crippen LogP contribution in [0.15, 0.2) is 64.0 Å². The number of hydrogen-bond acceptors (Lipinski definition) is 2. The number of pyridine rings is 1. The quantitative estimate of drug-likeness (QED) is 0.701. The number of nitrogens with one attached hydrogen (secondary N) is 1. The van der Waals surface area contributed by atoms with Gasteiger partial charge >= 0.3 is 0 Å². The minimum absolute atomic E-state index is 0.000175. The Hall–Kier alpha value is -1.78. The van der Waals surface area contributed by atoms with Crippen LogP contribution in [-0.2, 0) is 0 Å². The highest BCUT2D eigenvalue weighted by Crippen LogP contribution is 2.59. The van der Waals surface area contributed by atoms with Crippen molar-refractivity contribution >= 4 is 21.0 Å². The first-order valence-electron chi connectivity index (χ1n) is 10.4. The van der Waals surface area contributed by atoms with E-state index in [2.05, 4.69) is 72.9 Å². The van der Waals surface area contributed by atoms with Gasteiger partial charge in [-0.3, -0.25) is 9.10 Å². The van der Waals surface area contributed by atoms with Crippen LogP contribution in [0.4, 0.5) is 0 Å². The van der Waals surface area contributed by atoms with Crippen molar-refractivity contribution in [1.29, 1.82) is 0 Å². The summed E-state index contributed by atoms with van der Waals surface area (Å²) in [5, 5.41) is 1.89. The van der Waals surface area contributed by atoms with Crippen LogP contribution >= 0.6 is 10.2 Å². The number of aromatic nitrogens is 1. The van der Waals surface area contributed by atoms with Crippen molar-refractivity contribution in [2.45, 2.75) is 51.0 Å². The van der Waals surface area contributed by atoms with Crippen LogP contribution in [0.1, 0.15) is 40.0 Å². The monoisotopic (exact) mass is 398 g/mol. The highest BCUT2D eigenvalue weighted by atomic mass is 32.3. The fourth-order valence-corrected chi connectivity index (χ4v) is 7.01. The molecule has 2 aromatic rings. The average Bonchev–Trinajstić information content (AvgIpc) is 3.14. The molecule has 2 aliphatic rings. The first-order chi connectivity index (χ1) is 13.4. The normalized spacial score (nSPS) is 22.4. The molecule has 1 aliphatic carbocycles. The topological polar surface area (TPSA) is 36.1 Å². The third-order valence-electron chi connectivity index (χ3n) is 6.06. The van der Waals surface area contributed by atoms with E-state index in [0.717, 1.165) is 17.3 Å². The van der Waals surface area contributed by atoms with E-state index in [1.165, 1.54) is 29.7 Å². The molecule has 1 N–H and O–H groups in total. The number of unbranched alkanes of at least 4 members (excludes halogenated alkanes) is 1. The van der Waals surface area contributed by atoms with Gasteiger partial charge in [-0.05, 0) is 44.1 Å². The lowest BCUT2D eigenvalue weighted by atomic mass is 9.89. The van der Waals surface area contributed by atoms with E-state index >= 15 is 0 Å². The van der Waals surface area contributed by atoms with Gasteiger partial charge in [-0.1, -0.05) is 56.6 Å². The lowest BCUT2D eigenvalue weighted by Crippen LogP contribution is -2.34. The van der Waals surface area contributed by atoms with Gasteiger partial charge < -0.3 is 4.98 Å². The second kappa shape index (κ2) is 8.71. The van der Waals surface area contributed by atoms with Crippen LogP contribution in [-0.4, -0.2) is 34.4 Å². The van der Waals surface area contributed by atoms with Crippen LogP contribution in [0.2, 0.25) is 0 Å². The Bertz CT molecular complexity index is 939. The van der Waals surface area contributed by atoms with E-state index in [1.807, 2.05) is 12.1 Å². The van der Waals surface area contributed by atoms with Crippen molar-refractivity contribution in [2.24, 2.45) is 5.92 Å². The number of nitrogens with zero attached hydrogens (tertiary/aromatic N) is 1. The molecule has 1 aliphatic heterocycles. The predicted octanol–water partition coefficient (Wildman–Crippen LogP) is 5.88. The Morgan fingerprint density at radius 1 is 1.14 bits per heavy atom. The Labute approximate surface area is 171 Å². The lowest BCUT2D eigenvalue weighted by Gasteiger charge is -2.45. The molecular formula is C24H34N2OS. The predicted molar refractivity (Wildman–Crippen MR) is 124 cm³/mol. The molecule has 0 saturated carbocycles.